The molecule has 2 bridgehead atoms. The van der Waals surface area contributed by atoms with Gasteiger partial charge in [-0.05, 0) is 36.2 Å². The minimum Gasteiger partial charge on any atom is -0.469 e. The van der Waals surface area contributed by atoms with Gasteiger partial charge in [0.05, 0.1) is 19.1 Å². The fraction of sp³-hybridized carbons (Fsp3) is 0.450. The van der Waals surface area contributed by atoms with Crippen LogP contribution in [0.1, 0.15) is 24.3 Å². The van der Waals surface area contributed by atoms with Crippen molar-refractivity contribution in [3.05, 3.63) is 48.0 Å². The maximum absolute atomic E-state index is 12.5. The Morgan fingerprint density at radius 2 is 1.92 bits per heavy atom. The average molecular weight is 325 g/mol. The van der Waals surface area contributed by atoms with Crippen molar-refractivity contribution < 1.29 is 14.6 Å². The number of carbonyl (C=O) groups excluding carboxylic acids is 1. The van der Waals surface area contributed by atoms with Crippen molar-refractivity contribution >= 4 is 16.7 Å². The number of likely N-dealkylation sites (N-methyl/N-ethyl adjacent to an activating group) is 1. The molecule has 0 saturated carbocycles. The zero-order valence-corrected chi connectivity index (χ0v) is 14.1. The lowest BCUT2D eigenvalue weighted by Crippen LogP contribution is -2.51. The maximum atomic E-state index is 12.5. The topological polar surface area (TPSA) is 49.8 Å². The number of ether oxygens (including phenoxy) is 1. The average Bonchev–Trinajstić information content (AvgIpc) is 2.79. The van der Waals surface area contributed by atoms with Crippen molar-refractivity contribution in [3.8, 4) is 0 Å². The normalized spacial score (nSPS) is 32.9. The van der Waals surface area contributed by atoms with Crippen molar-refractivity contribution in [1.82, 2.24) is 4.90 Å². The van der Waals surface area contributed by atoms with Crippen LogP contribution < -0.4 is 0 Å². The van der Waals surface area contributed by atoms with Crippen LogP contribution in [0.15, 0.2) is 42.5 Å². The highest BCUT2D eigenvalue weighted by molar-refractivity contribution is 5.83. The fourth-order valence-electron chi connectivity index (χ4n) is 4.75. The van der Waals surface area contributed by atoms with E-state index >= 15 is 0 Å². The zero-order valence-electron chi connectivity index (χ0n) is 14.1. The Kier molecular flexibility index (Phi) is 3.82. The highest BCUT2D eigenvalue weighted by Crippen LogP contribution is 2.47. The van der Waals surface area contributed by atoms with Crippen LogP contribution in [-0.4, -0.2) is 48.3 Å². The number of fused-ring (bicyclic) bond motifs is 3. The van der Waals surface area contributed by atoms with E-state index in [1.807, 2.05) is 19.2 Å². The molecule has 2 aliphatic heterocycles. The van der Waals surface area contributed by atoms with Gasteiger partial charge < -0.3 is 9.84 Å². The number of esters is 1. The lowest BCUT2D eigenvalue weighted by molar-refractivity contribution is -0.151. The second kappa shape index (κ2) is 5.87. The van der Waals surface area contributed by atoms with Crippen molar-refractivity contribution in [2.24, 2.45) is 5.92 Å². The molecule has 4 rings (SSSR count). The van der Waals surface area contributed by atoms with Crippen LogP contribution in [0.4, 0.5) is 0 Å². The fourth-order valence-corrected chi connectivity index (χ4v) is 4.75. The predicted molar refractivity (Wildman–Crippen MR) is 92.8 cm³/mol. The summed E-state index contributed by atoms with van der Waals surface area (Å²) in [5.41, 5.74) is 1.17. The van der Waals surface area contributed by atoms with E-state index in [4.69, 9.17) is 4.74 Å². The minimum absolute atomic E-state index is 0.0883. The van der Waals surface area contributed by atoms with Crippen molar-refractivity contribution in [2.75, 3.05) is 14.2 Å². The number of rotatable bonds is 2. The van der Waals surface area contributed by atoms with Crippen LogP contribution in [0.2, 0.25) is 0 Å². The quantitative estimate of drug-likeness (QED) is 0.862. The molecule has 0 amide bonds. The number of nitrogens with zero attached hydrogens (tertiary/aromatic N) is 1. The van der Waals surface area contributed by atoms with Gasteiger partial charge in [-0.25, -0.2) is 0 Å². The molecule has 0 radical (unpaired) electrons. The molecule has 0 aromatic heterocycles. The summed E-state index contributed by atoms with van der Waals surface area (Å²) >= 11 is 0. The van der Waals surface area contributed by atoms with Crippen LogP contribution in [0.5, 0.6) is 0 Å². The summed E-state index contributed by atoms with van der Waals surface area (Å²) in [6.07, 6.45) is 1.15. The molecule has 2 heterocycles. The zero-order chi connectivity index (χ0) is 16.8. The monoisotopic (exact) mass is 325 g/mol. The van der Waals surface area contributed by atoms with Gasteiger partial charge in [-0.15, -0.1) is 0 Å². The molecule has 2 saturated heterocycles. The van der Waals surface area contributed by atoms with Crippen molar-refractivity contribution in [2.45, 2.75) is 36.9 Å². The summed E-state index contributed by atoms with van der Waals surface area (Å²) in [6.45, 7) is 0. The van der Waals surface area contributed by atoms with E-state index in [1.165, 1.54) is 23.4 Å². The number of piperidine rings is 1. The van der Waals surface area contributed by atoms with E-state index in [1.54, 1.807) is 0 Å². The van der Waals surface area contributed by atoms with E-state index < -0.39 is 6.10 Å². The Labute approximate surface area is 142 Å². The van der Waals surface area contributed by atoms with Gasteiger partial charge in [-0.1, -0.05) is 42.5 Å². The SMILES string of the molecule is COC(=O)[C@@H]1C2[C@H](O)CC(C[C@H]1c1ccc3ccccc3c1)N2C. The molecular weight excluding hydrogens is 302 g/mol. The number of aliphatic hydroxyl groups is 1. The molecule has 4 nitrogen and oxygen atoms in total. The van der Waals surface area contributed by atoms with Crippen LogP contribution in [-0.2, 0) is 9.53 Å². The lowest BCUT2D eigenvalue weighted by atomic mass is 9.75. The first-order valence-corrected chi connectivity index (χ1v) is 8.56. The molecular formula is C20H23NO3. The molecule has 24 heavy (non-hydrogen) atoms. The van der Waals surface area contributed by atoms with Gasteiger partial charge in [0.25, 0.3) is 0 Å². The molecule has 2 aromatic carbocycles. The number of methoxy groups -OCH3 is 1. The number of aliphatic hydroxyl groups excluding tert-OH is 1. The number of carbonyl (C=O) groups is 1. The second-order valence-corrected chi connectivity index (χ2v) is 7.11. The molecule has 2 unspecified atom stereocenters. The van der Waals surface area contributed by atoms with E-state index in [-0.39, 0.29) is 23.8 Å². The molecule has 0 spiro atoms. The molecule has 2 aromatic rings. The summed E-state index contributed by atoms with van der Waals surface area (Å²) < 4.78 is 5.10. The van der Waals surface area contributed by atoms with Gasteiger partial charge in [0.15, 0.2) is 0 Å². The third kappa shape index (κ3) is 2.33. The van der Waals surface area contributed by atoms with E-state index in [9.17, 15) is 9.90 Å². The first-order valence-electron chi connectivity index (χ1n) is 8.56. The van der Waals surface area contributed by atoms with Crippen molar-refractivity contribution in [1.29, 1.82) is 0 Å². The van der Waals surface area contributed by atoms with Crippen molar-refractivity contribution in [3.63, 3.8) is 0 Å². The van der Waals surface area contributed by atoms with Gasteiger partial charge in [-0.3, -0.25) is 9.69 Å². The molecule has 126 valence electrons. The highest BCUT2D eigenvalue weighted by atomic mass is 16.5. The predicted octanol–water partition coefficient (Wildman–Crippen LogP) is 2.55. The maximum Gasteiger partial charge on any atom is 0.310 e. The Morgan fingerprint density at radius 3 is 2.67 bits per heavy atom. The van der Waals surface area contributed by atoms with E-state index in [0.29, 0.717) is 6.04 Å². The summed E-state index contributed by atoms with van der Waals surface area (Å²) in [5.74, 6) is -0.454. The molecule has 4 heteroatoms. The van der Waals surface area contributed by atoms with Crippen LogP contribution in [0, 0.1) is 5.92 Å². The molecule has 0 aliphatic carbocycles. The first kappa shape index (κ1) is 15.6. The Hall–Kier alpha value is -1.91. The standard InChI is InChI=1S/C20H23NO3/c1-21-15-10-16(18(20(23)24-2)19(21)17(22)11-15)14-8-7-12-5-3-4-6-13(12)9-14/h3-9,15-19,22H,10-11H2,1-2H3/t15?,16-,17+,18-,19?/m0/s1. The van der Waals surface area contributed by atoms with Crippen LogP contribution >= 0.6 is 0 Å². The smallest absolute Gasteiger partial charge is 0.310 e. The third-order valence-electron chi connectivity index (χ3n) is 5.96. The summed E-state index contributed by atoms with van der Waals surface area (Å²) in [5, 5.41) is 12.9. The Balaban J connectivity index is 1.78. The lowest BCUT2D eigenvalue weighted by Gasteiger charge is -2.42. The van der Waals surface area contributed by atoms with Crippen LogP contribution in [0.25, 0.3) is 10.8 Å². The molecule has 2 aliphatic rings. The number of benzene rings is 2. The van der Waals surface area contributed by atoms with Gasteiger partial charge in [-0.2, -0.15) is 0 Å². The summed E-state index contributed by atoms with van der Waals surface area (Å²) in [7, 11) is 3.45. The molecule has 1 N–H and O–H groups in total. The van der Waals surface area contributed by atoms with E-state index in [0.717, 1.165) is 12.8 Å². The van der Waals surface area contributed by atoms with Crippen LogP contribution in [0.3, 0.4) is 0 Å². The summed E-state index contributed by atoms with van der Waals surface area (Å²) in [4.78, 5) is 14.7. The second-order valence-electron chi connectivity index (χ2n) is 7.11. The Morgan fingerprint density at radius 1 is 1.17 bits per heavy atom. The summed E-state index contributed by atoms with van der Waals surface area (Å²) in [6, 6.07) is 14.9. The minimum atomic E-state index is -0.463. The first-order chi connectivity index (χ1) is 11.6. The molecule has 5 atom stereocenters. The molecule has 2 fully saturated rings. The van der Waals surface area contributed by atoms with Gasteiger partial charge in [0.1, 0.15) is 0 Å². The van der Waals surface area contributed by atoms with Gasteiger partial charge >= 0.3 is 5.97 Å². The Bertz CT molecular complexity index is 774. The van der Waals surface area contributed by atoms with Gasteiger partial charge in [0, 0.05) is 18.0 Å². The number of hydrogen-bond donors (Lipinski definition) is 1. The van der Waals surface area contributed by atoms with E-state index in [2.05, 4.69) is 35.2 Å². The highest BCUT2D eigenvalue weighted by Gasteiger charge is 2.53. The van der Waals surface area contributed by atoms with Gasteiger partial charge in [0.2, 0.25) is 0 Å². The third-order valence-corrected chi connectivity index (χ3v) is 5.96. The largest absolute Gasteiger partial charge is 0.469 e. The number of hydrogen-bond acceptors (Lipinski definition) is 4.